The van der Waals surface area contributed by atoms with E-state index in [4.69, 9.17) is 9.47 Å². The van der Waals surface area contributed by atoms with Crippen molar-refractivity contribution in [2.24, 2.45) is 0 Å². The van der Waals surface area contributed by atoms with Crippen LogP contribution in [-0.4, -0.2) is 42.0 Å². The number of rotatable bonds is 5. The Labute approximate surface area is 181 Å². The Morgan fingerprint density at radius 1 is 1.16 bits per heavy atom. The topological polar surface area (TPSA) is 93.9 Å². The first kappa shape index (κ1) is 21.1. The molecule has 2 heterocycles. The van der Waals surface area contributed by atoms with E-state index in [0.717, 1.165) is 48.4 Å². The molecule has 2 aromatic rings. The Morgan fingerprint density at radius 2 is 1.94 bits per heavy atom. The first-order chi connectivity index (χ1) is 14.9. The van der Waals surface area contributed by atoms with Crippen LogP contribution in [0, 0.1) is 24.0 Å². The monoisotopic (exact) mass is 425 g/mol. The molecule has 4 rings (SSSR count). The SMILES string of the molecule is Cc1ccc([N+](=O)[O-])c(NC(=O)CN2CCCC2c2ccc3c(c2)OCCCO3)c1C. The Bertz CT molecular complexity index is 1010. The lowest BCUT2D eigenvalue weighted by molar-refractivity contribution is -0.384. The summed E-state index contributed by atoms with van der Waals surface area (Å²) in [5.41, 5.74) is 2.89. The predicted molar refractivity (Wildman–Crippen MR) is 117 cm³/mol. The van der Waals surface area contributed by atoms with Crippen LogP contribution in [0.4, 0.5) is 11.4 Å². The van der Waals surface area contributed by atoms with E-state index in [-0.39, 0.29) is 29.9 Å². The number of hydrogen-bond acceptors (Lipinski definition) is 6. The van der Waals surface area contributed by atoms with E-state index in [1.54, 1.807) is 13.0 Å². The molecule has 0 bridgehead atoms. The summed E-state index contributed by atoms with van der Waals surface area (Å²) in [6.45, 7) is 5.89. The van der Waals surface area contributed by atoms with E-state index >= 15 is 0 Å². The molecule has 0 spiro atoms. The van der Waals surface area contributed by atoms with Gasteiger partial charge in [0, 0.05) is 18.5 Å². The van der Waals surface area contributed by atoms with Gasteiger partial charge in [0.2, 0.25) is 5.91 Å². The lowest BCUT2D eigenvalue weighted by Crippen LogP contribution is -2.33. The molecule has 164 valence electrons. The minimum Gasteiger partial charge on any atom is -0.490 e. The van der Waals surface area contributed by atoms with Gasteiger partial charge in [0.15, 0.2) is 11.5 Å². The number of fused-ring (bicyclic) bond motifs is 1. The molecule has 1 unspecified atom stereocenters. The fourth-order valence-electron chi connectivity index (χ4n) is 4.25. The van der Waals surface area contributed by atoms with Gasteiger partial charge in [-0.15, -0.1) is 0 Å². The number of ether oxygens (including phenoxy) is 2. The zero-order valence-electron chi connectivity index (χ0n) is 17.8. The molecule has 1 atom stereocenters. The molecule has 1 fully saturated rings. The third-order valence-corrected chi connectivity index (χ3v) is 6.04. The summed E-state index contributed by atoms with van der Waals surface area (Å²) >= 11 is 0. The maximum absolute atomic E-state index is 12.8. The molecule has 2 aromatic carbocycles. The van der Waals surface area contributed by atoms with Gasteiger partial charge < -0.3 is 14.8 Å². The predicted octanol–water partition coefficient (Wildman–Crippen LogP) is 4.15. The van der Waals surface area contributed by atoms with E-state index in [9.17, 15) is 14.9 Å². The van der Waals surface area contributed by atoms with Crippen LogP contribution in [0.1, 0.15) is 42.0 Å². The van der Waals surface area contributed by atoms with Crippen molar-refractivity contribution in [2.45, 2.75) is 39.2 Å². The minimum absolute atomic E-state index is 0.0858. The summed E-state index contributed by atoms with van der Waals surface area (Å²) < 4.78 is 11.5. The van der Waals surface area contributed by atoms with Gasteiger partial charge in [-0.25, -0.2) is 0 Å². The van der Waals surface area contributed by atoms with Crippen LogP contribution in [0.15, 0.2) is 30.3 Å². The van der Waals surface area contributed by atoms with Crippen LogP contribution in [0.3, 0.4) is 0 Å². The molecule has 2 aliphatic heterocycles. The highest BCUT2D eigenvalue weighted by atomic mass is 16.6. The van der Waals surface area contributed by atoms with Crippen LogP contribution in [0.25, 0.3) is 0 Å². The van der Waals surface area contributed by atoms with Crippen molar-refractivity contribution in [3.05, 3.63) is 57.1 Å². The second kappa shape index (κ2) is 8.93. The van der Waals surface area contributed by atoms with Crippen molar-refractivity contribution in [1.82, 2.24) is 4.90 Å². The summed E-state index contributed by atoms with van der Waals surface area (Å²) in [6.07, 6.45) is 2.77. The summed E-state index contributed by atoms with van der Waals surface area (Å²) in [7, 11) is 0. The van der Waals surface area contributed by atoms with Gasteiger partial charge in [0.1, 0.15) is 5.69 Å². The second-order valence-electron chi connectivity index (χ2n) is 8.09. The summed E-state index contributed by atoms with van der Waals surface area (Å²) in [5.74, 6) is 1.25. The van der Waals surface area contributed by atoms with Crippen molar-refractivity contribution < 1.29 is 19.2 Å². The van der Waals surface area contributed by atoms with E-state index in [2.05, 4.69) is 10.2 Å². The first-order valence-corrected chi connectivity index (χ1v) is 10.6. The summed E-state index contributed by atoms with van der Waals surface area (Å²) in [6, 6.07) is 9.21. The highest BCUT2D eigenvalue weighted by molar-refractivity contribution is 5.95. The number of nitro groups is 1. The first-order valence-electron chi connectivity index (χ1n) is 10.6. The number of nitrogens with one attached hydrogen (secondary N) is 1. The normalized spacial score (nSPS) is 18.5. The number of aryl methyl sites for hydroxylation is 1. The molecule has 0 radical (unpaired) electrons. The van der Waals surface area contributed by atoms with Crippen molar-refractivity contribution in [1.29, 1.82) is 0 Å². The lowest BCUT2D eigenvalue weighted by Gasteiger charge is -2.25. The summed E-state index contributed by atoms with van der Waals surface area (Å²) in [4.78, 5) is 25.9. The van der Waals surface area contributed by atoms with Crippen LogP contribution in [0.2, 0.25) is 0 Å². The average Bonchev–Trinajstić information content (AvgIpc) is 3.06. The average molecular weight is 425 g/mol. The van der Waals surface area contributed by atoms with E-state index in [1.807, 2.05) is 25.1 Å². The molecular weight excluding hydrogens is 398 g/mol. The van der Waals surface area contributed by atoms with Gasteiger partial charge in [-0.3, -0.25) is 19.8 Å². The maximum Gasteiger partial charge on any atom is 0.293 e. The zero-order valence-corrected chi connectivity index (χ0v) is 17.8. The molecule has 1 saturated heterocycles. The number of nitro benzene ring substituents is 1. The molecule has 8 nitrogen and oxygen atoms in total. The number of amides is 1. The van der Waals surface area contributed by atoms with E-state index in [1.165, 1.54) is 6.07 Å². The Hall–Kier alpha value is -3.13. The Morgan fingerprint density at radius 3 is 2.71 bits per heavy atom. The highest BCUT2D eigenvalue weighted by Gasteiger charge is 2.29. The standard InChI is InChI=1S/C23H27N3O5/c1-15-6-8-19(26(28)29)23(16(15)2)24-22(27)14-25-10-3-5-18(25)17-7-9-20-21(13-17)31-12-4-11-30-20/h6-9,13,18H,3-5,10-12,14H2,1-2H3,(H,24,27). The van der Waals surface area contributed by atoms with Crippen molar-refractivity contribution >= 4 is 17.3 Å². The van der Waals surface area contributed by atoms with Crippen molar-refractivity contribution in [2.75, 3.05) is 31.6 Å². The van der Waals surface area contributed by atoms with Gasteiger partial charge in [-0.1, -0.05) is 12.1 Å². The van der Waals surface area contributed by atoms with Crippen molar-refractivity contribution in [3.8, 4) is 11.5 Å². The molecule has 8 heteroatoms. The van der Waals surface area contributed by atoms with Crippen LogP contribution in [0.5, 0.6) is 11.5 Å². The Kier molecular flexibility index (Phi) is 6.08. The van der Waals surface area contributed by atoms with E-state index < -0.39 is 4.92 Å². The number of carbonyl (C=O) groups excluding carboxylic acids is 1. The van der Waals surface area contributed by atoms with Gasteiger partial charge in [-0.2, -0.15) is 0 Å². The molecule has 2 aliphatic rings. The van der Waals surface area contributed by atoms with Crippen LogP contribution in [-0.2, 0) is 4.79 Å². The molecule has 1 N–H and O–H groups in total. The zero-order chi connectivity index (χ0) is 22.0. The molecule has 0 aliphatic carbocycles. The number of likely N-dealkylation sites (tertiary alicyclic amines) is 1. The van der Waals surface area contributed by atoms with E-state index in [0.29, 0.717) is 18.8 Å². The molecule has 0 aromatic heterocycles. The third-order valence-electron chi connectivity index (χ3n) is 6.04. The molecule has 31 heavy (non-hydrogen) atoms. The molecule has 0 saturated carbocycles. The quantitative estimate of drug-likeness (QED) is 0.571. The molecule has 1 amide bonds. The summed E-state index contributed by atoms with van der Waals surface area (Å²) in [5, 5.41) is 14.2. The number of hydrogen-bond donors (Lipinski definition) is 1. The second-order valence-corrected chi connectivity index (χ2v) is 8.09. The van der Waals surface area contributed by atoms with Crippen LogP contribution < -0.4 is 14.8 Å². The number of carbonyl (C=O) groups is 1. The number of benzene rings is 2. The highest BCUT2D eigenvalue weighted by Crippen LogP contribution is 2.38. The fraction of sp³-hybridized carbons (Fsp3) is 0.435. The van der Waals surface area contributed by atoms with Gasteiger partial charge in [-0.05, 0) is 62.1 Å². The van der Waals surface area contributed by atoms with Gasteiger partial charge >= 0.3 is 0 Å². The third kappa shape index (κ3) is 4.49. The molecular formula is C23H27N3O5. The minimum atomic E-state index is -0.460. The number of nitrogens with zero attached hydrogens (tertiary/aromatic N) is 2. The fourth-order valence-corrected chi connectivity index (χ4v) is 4.25. The van der Waals surface area contributed by atoms with Crippen LogP contribution >= 0.6 is 0 Å². The van der Waals surface area contributed by atoms with Crippen molar-refractivity contribution in [3.63, 3.8) is 0 Å². The maximum atomic E-state index is 12.8. The largest absolute Gasteiger partial charge is 0.490 e. The number of anilines is 1. The smallest absolute Gasteiger partial charge is 0.293 e. The Balaban J connectivity index is 1.50. The van der Waals surface area contributed by atoms with Gasteiger partial charge in [0.05, 0.1) is 24.7 Å². The van der Waals surface area contributed by atoms with Gasteiger partial charge in [0.25, 0.3) is 5.69 Å². The lowest BCUT2D eigenvalue weighted by atomic mass is 10.0.